The summed E-state index contributed by atoms with van der Waals surface area (Å²) in [5.41, 5.74) is 2.45. The van der Waals surface area contributed by atoms with Crippen LogP contribution in [0.15, 0.2) is 24.3 Å². The number of hydrogen-bond donors (Lipinski definition) is 1. The Labute approximate surface area is 127 Å². The summed E-state index contributed by atoms with van der Waals surface area (Å²) >= 11 is 0. The molecule has 4 nitrogen and oxygen atoms in total. The van der Waals surface area contributed by atoms with Crippen LogP contribution in [0.25, 0.3) is 0 Å². The van der Waals surface area contributed by atoms with Crippen molar-refractivity contribution < 1.29 is 9.53 Å². The van der Waals surface area contributed by atoms with E-state index >= 15 is 0 Å². The minimum atomic E-state index is -0.0830. The quantitative estimate of drug-likeness (QED) is 0.817. The first-order chi connectivity index (χ1) is 10.2. The molecule has 0 saturated carbocycles. The van der Waals surface area contributed by atoms with Crippen LogP contribution in [0.1, 0.15) is 32.3 Å². The number of anilines is 1. The normalized spacial score (nSPS) is 21.3. The van der Waals surface area contributed by atoms with E-state index in [0.717, 1.165) is 19.6 Å². The second-order valence-corrected chi connectivity index (χ2v) is 5.39. The molecule has 1 aliphatic rings. The lowest BCUT2D eigenvalue weighted by Crippen LogP contribution is -2.24. The molecule has 1 saturated heterocycles. The van der Waals surface area contributed by atoms with Gasteiger partial charge in [-0.15, -0.1) is 0 Å². The van der Waals surface area contributed by atoms with E-state index in [4.69, 9.17) is 4.74 Å². The number of rotatable bonds is 6. The van der Waals surface area contributed by atoms with Gasteiger partial charge in [0.1, 0.15) is 0 Å². The Balaban J connectivity index is 2.12. The molecule has 2 unspecified atom stereocenters. The van der Waals surface area contributed by atoms with Crippen molar-refractivity contribution in [2.24, 2.45) is 5.92 Å². The zero-order valence-corrected chi connectivity index (χ0v) is 13.3. The minimum absolute atomic E-state index is 0.0655. The first-order valence-corrected chi connectivity index (χ1v) is 7.93. The third-order valence-electron chi connectivity index (χ3n) is 4.25. The molecule has 0 spiro atoms. The van der Waals surface area contributed by atoms with E-state index in [9.17, 15) is 4.79 Å². The summed E-state index contributed by atoms with van der Waals surface area (Å²) in [7, 11) is 0. The second kappa shape index (κ2) is 7.46. The zero-order chi connectivity index (χ0) is 15.2. The van der Waals surface area contributed by atoms with Crippen molar-refractivity contribution in [2.75, 3.05) is 37.7 Å². The van der Waals surface area contributed by atoms with Gasteiger partial charge in [-0.3, -0.25) is 4.79 Å². The van der Waals surface area contributed by atoms with Crippen molar-refractivity contribution in [2.45, 2.75) is 26.7 Å². The summed E-state index contributed by atoms with van der Waals surface area (Å²) < 4.78 is 5.19. The van der Waals surface area contributed by atoms with Crippen molar-refractivity contribution in [3.05, 3.63) is 29.8 Å². The summed E-state index contributed by atoms with van der Waals surface area (Å²) in [6, 6.07) is 8.61. The van der Waals surface area contributed by atoms with Crippen LogP contribution in [-0.4, -0.2) is 38.8 Å². The highest BCUT2D eigenvalue weighted by Crippen LogP contribution is 2.30. The highest BCUT2D eigenvalue weighted by molar-refractivity contribution is 5.74. The summed E-state index contributed by atoms with van der Waals surface area (Å²) in [5.74, 6) is 0.0689. The maximum Gasteiger partial charge on any atom is 0.310 e. The van der Waals surface area contributed by atoms with Gasteiger partial charge < -0.3 is 15.0 Å². The molecule has 0 aromatic heterocycles. The fraction of sp³-hybridized carbons (Fsp3) is 0.588. The third kappa shape index (κ3) is 3.56. The Morgan fingerprint density at radius 3 is 2.43 bits per heavy atom. The summed E-state index contributed by atoms with van der Waals surface area (Å²) in [6.07, 6.45) is 0. The molecule has 1 N–H and O–H groups in total. The van der Waals surface area contributed by atoms with Gasteiger partial charge in [0.05, 0.1) is 12.5 Å². The Hall–Kier alpha value is -1.55. The average molecular weight is 290 g/mol. The maximum atomic E-state index is 12.0. The molecule has 0 amide bonds. The van der Waals surface area contributed by atoms with Gasteiger partial charge in [-0.05, 0) is 38.5 Å². The third-order valence-corrected chi connectivity index (χ3v) is 4.25. The summed E-state index contributed by atoms with van der Waals surface area (Å²) in [6.45, 7) is 10.2. The highest BCUT2D eigenvalue weighted by Gasteiger charge is 2.34. The maximum absolute atomic E-state index is 12.0. The van der Waals surface area contributed by atoms with E-state index < -0.39 is 0 Å². The Bertz CT molecular complexity index is 454. The van der Waals surface area contributed by atoms with Gasteiger partial charge >= 0.3 is 5.97 Å². The molecule has 1 aliphatic heterocycles. The van der Waals surface area contributed by atoms with Crippen molar-refractivity contribution in [3.8, 4) is 0 Å². The molecule has 1 aromatic rings. The number of ether oxygens (including phenoxy) is 1. The topological polar surface area (TPSA) is 41.6 Å². The lowest BCUT2D eigenvalue weighted by atomic mass is 9.89. The lowest BCUT2D eigenvalue weighted by molar-refractivity contribution is -0.147. The van der Waals surface area contributed by atoms with Crippen molar-refractivity contribution >= 4 is 11.7 Å². The number of hydrogen-bond acceptors (Lipinski definition) is 4. The van der Waals surface area contributed by atoms with E-state index in [1.807, 2.05) is 6.92 Å². The molecular formula is C17H26N2O2. The number of nitrogens with one attached hydrogen (secondary N) is 1. The Morgan fingerprint density at radius 2 is 1.86 bits per heavy atom. The zero-order valence-electron chi connectivity index (χ0n) is 13.3. The van der Waals surface area contributed by atoms with Crippen LogP contribution < -0.4 is 10.2 Å². The Morgan fingerprint density at radius 1 is 1.19 bits per heavy atom. The van der Waals surface area contributed by atoms with E-state index in [0.29, 0.717) is 13.2 Å². The van der Waals surface area contributed by atoms with Crippen LogP contribution in [0.5, 0.6) is 0 Å². The first kappa shape index (κ1) is 15.8. The van der Waals surface area contributed by atoms with Gasteiger partial charge in [0, 0.05) is 37.8 Å². The van der Waals surface area contributed by atoms with Gasteiger partial charge in [0.2, 0.25) is 0 Å². The van der Waals surface area contributed by atoms with Crippen LogP contribution in [0.4, 0.5) is 5.69 Å². The molecule has 1 heterocycles. The van der Waals surface area contributed by atoms with Crippen LogP contribution in [-0.2, 0) is 9.53 Å². The van der Waals surface area contributed by atoms with Gasteiger partial charge in [0.25, 0.3) is 0 Å². The summed E-state index contributed by atoms with van der Waals surface area (Å²) in [5, 5.41) is 3.31. The van der Waals surface area contributed by atoms with Gasteiger partial charge in [-0.1, -0.05) is 12.1 Å². The number of benzene rings is 1. The number of esters is 1. The first-order valence-electron chi connectivity index (χ1n) is 7.93. The fourth-order valence-corrected chi connectivity index (χ4v) is 3.05. The smallest absolute Gasteiger partial charge is 0.310 e. The molecule has 0 radical (unpaired) electrons. The molecule has 116 valence electrons. The fourth-order valence-electron chi connectivity index (χ4n) is 3.05. The standard InChI is InChI=1S/C17H26N2O2/c1-4-19(5-2)14-9-7-13(8-10-14)15-11-18-12-16(15)17(20)21-6-3/h7-10,15-16,18H,4-6,11-12H2,1-3H3. The number of carbonyl (C=O) groups is 1. The SMILES string of the molecule is CCOC(=O)C1CNCC1c1ccc(N(CC)CC)cc1. The van der Waals surface area contributed by atoms with Gasteiger partial charge in [0.15, 0.2) is 0 Å². The van der Waals surface area contributed by atoms with Gasteiger partial charge in [-0.25, -0.2) is 0 Å². The van der Waals surface area contributed by atoms with Crippen molar-refractivity contribution in [1.82, 2.24) is 5.32 Å². The summed E-state index contributed by atoms with van der Waals surface area (Å²) in [4.78, 5) is 14.3. The van der Waals surface area contributed by atoms with E-state index in [2.05, 4.69) is 48.3 Å². The molecule has 1 aromatic carbocycles. The molecule has 0 aliphatic carbocycles. The predicted octanol–water partition coefficient (Wildman–Crippen LogP) is 2.40. The monoisotopic (exact) mass is 290 g/mol. The van der Waals surface area contributed by atoms with Crippen LogP contribution in [0.2, 0.25) is 0 Å². The van der Waals surface area contributed by atoms with Crippen molar-refractivity contribution in [1.29, 1.82) is 0 Å². The second-order valence-electron chi connectivity index (χ2n) is 5.39. The van der Waals surface area contributed by atoms with Crippen molar-refractivity contribution in [3.63, 3.8) is 0 Å². The van der Waals surface area contributed by atoms with Crippen LogP contribution in [0.3, 0.4) is 0 Å². The largest absolute Gasteiger partial charge is 0.466 e. The lowest BCUT2D eigenvalue weighted by Gasteiger charge is -2.22. The predicted molar refractivity (Wildman–Crippen MR) is 85.7 cm³/mol. The number of carbonyl (C=O) groups excluding carboxylic acids is 1. The molecule has 2 rings (SSSR count). The average Bonchev–Trinajstić information content (AvgIpc) is 2.99. The number of nitrogens with zero attached hydrogens (tertiary/aromatic N) is 1. The highest BCUT2D eigenvalue weighted by atomic mass is 16.5. The molecule has 21 heavy (non-hydrogen) atoms. The molecule has 0 bridgehead atoms. The molecular weight excluding hydrogens is 264 g/mol. The minimum Gasteiger partial charge on any atom is -0.466 e. The van der Waals surface area contributed by atoms with E-state index in [1.165, 1.54) is 11.3 Å². The van der Waals surface area contributed by atoms with Crippen LogP contribution >= 0.6 is 0 Å². The molecule has 1 fully saturated rings. The Kier molecular flexibility index (Phi) is 5.62. The molecule has 2 atom stereocenters. The van der Waals surface area contributed by atoms with Gasteiger partial charge in [-0.2, -0.15) is 0 Å². The van der Waals surface area contributed by atoms with Crippen LogP contribution in [0, 0.1) is 5.92 Å². The van der Waals surface area contributed by atoms with E-state index in [1.54, 1.807) is 0 Å². The molecule has 4 heteroatoms. The van der Waals surface area contributed by atoms with E-state index in [-0.39, 0.29) is 17.8 Å².